The molecule has 3 N–H and O–H groups in total. The molecule has 0 spiro atoms. The third-order valence-corrected chi connectivity index (χ3v) is 4.11. The maximum atomic E-state index is 11.6. The minimum absolute atomic E-state index is 0.00629. The van der Waals surface area contributed by atoms with Crippen LogP contribution in [0.25, 0.3) is 10.9 Å². The quantitative estimate of drug-likeness (QED) is 0.465. The van der Waals surface area contributed by atoms with E-state index >= 15 is 0 Å². The van der Waals surface area contributed by atoms with Gasteiger partial charge in [-0.2, -0.15) is 0 Å². The van der Waals surface area contributed by atoms with Gasteiger partial charge in [0.2, 0.25) is 0 Å². The normalized spacial score (nSPS) is 10.7. The molecule has 0 aliphatic heterocycles. The largest absolute Gasteiger partial charge is 0.490 e. The van der Waals surface area contributed by atoms with E-state index in [1.54, 1.807) is 36.5 Å². The van der Waals surface area contributed by atoms with Crippen LogP contribution in [0.4, 0.5) is 5.69 Å². The lowest BCUT2D eigenvalue weighted by Crippen LogP contribution is -2.08. The Morgan fingerprint density at radius 1 is 1.19 bits per heavy atom. The lowest BCUT2D eigenvalue weighted by molar-refractivity contribution is 0.0690. The van der Waals surface area contributed by atoms with Crippen LogP contribution in [0.1, 0.15) is 10.4 Å². The molecule has 0 bridgehead atoms. The first-order chi connectivity index (χ1) is 13.0. The van der Waals surface area contributed by atoms with Crippen LogP contribution in [0.2, 0.25) is 5.02 Å². The Bertz CT molecular complexity index is 993. The molecule has 7 nitrogen and oxygen atoms in total. The molecule has 8 heteroatoms. The number of fused-ring (bicyclic) bond motifs is 1. The van der Waals surface area contributed by atoms with Crippen molar-refractivity contribution in [2.45, 2.75) is 0 Å². The second-order valence-electron chi connectivity index (χ2n) is 5.61. The molecule has 1 aromatic heterocycles. The van der Waals surface area contributed by atoms with Crippen molar-refractivity contribution in [1.82, 2.24) is 4.98 Å². The lowest BCUT2D eigenvalue weighted by Gasteiger charge is -2.13. The zero-order valence-corrected chi connectivity index (χ0v) is 15.2. The van der Waals surface area contributed by atoms with Gasteiger partial charge in [-0.15, -0.1) is 0 Å². The van der Waals surface area contributed by atoms with Gasteiger partial charge in [0.25, 0.3) is 0 Å². The van der Waals surface area contributed by atoms with Crippen molar-refractivity contribution in [2.75, 3.05) is 26.1 Å². The maximum Gasteiger partial charge on any atom is 0.339 e. The molecule has 3 aromatic rings. The van der Waals surface area contributed by atoms with E-state index in [9.17, 15) is 9.90 Å². The number of aromatic carboxylic acids is 1. The molecular formula is C19H17ClN2O5. The summed E-state index contributed by atoms with van der Waals surface area (Å²) in [5.41, 5.74) is 6.69. The second kappa shape index (κ2) is 8.11. The number of nitrogens with zero attached hydrogens (tertiary/aromatic N) is 1. The average Bonchev–Trinajstić information content (AvgIpc) is 2.64. The van der Waals surface area contributed by atoms with Crippen LogP contribution >= 0.6 is 11.6 Å². The van der Waals surface area contributed by atoms with Gasteiger partial charge in [-0.25, -0.2) is 4.79 Å². The van der Waals surface area contributed by atoms with Crippen molar-refractivity contribution >= 4 is 34.2 Å². The van der Waals surface area contributed by atoms with Gasteiger partial charge < -0.3 is 25.1 Å². The molecule has 3 rings (SSSR count). The molecule has 0 saturated heterocycles. The van der Waals surface area contributed by atoms with Crippen molar-refractivity contribution < 1.29 is 24.1 Å². The van der Waals surface area contributed by atoms with Crippen LogP contribution in [-0.2, 0) is 4.74 Å². The van der Waals surface area contributed by atoms with E-state index < -0.39 is 5.97 Å². The number of hydrogen-bond acceptors (Lipinski definition) is 6. The van der Waals surface area contributed by atoms with Gasteiger partial charge in [0.1, 0.15) is 29.4 Å². The van der Waals surface area contributed by atoms with E-state index in [0.29, 0.717) is 39.7 Å². The molecule has 0 radical (unpaired) electrons. The van der Waals surface area contributed by atoms with Crippen molar-refractivity contribution in [2.24, 2.45) is 0 Å². The number of methoxy groups -OCH3 is 1. The van der Waals surface area contributed by atoms with Crippen LogP contribution < -0.4 is 15.2 Å². The first-order valence-corrected chi connectivity index (χ1v) is 8.38. The summed E-state index contributed by atoms with van der Waals surface area (Å²) in [5, 5.41) is 10.4. The molecule has 0 fully saturated rings. The number of benzene rings is 2. The van der Waals surface area contributed by atoms with Crippen LogP contribution in [0, 0.1) is 0 Å². The molecular weight excluding hydrogens is 372 g/mol. The number of aromatic nitrogens is 1. The van der Waals surface area contributed by atoms with E-state index in [4.69, 9.17) is 31.5 Å². The highest BCUT2D eigenvalue weighted by Gasteiger charge is 2.16. The molecule has 0 saturated carbocycles. The summed E-state index contributed by atoms with van der Waals surface area (Å²) in [7, 11) is 1.54. The smallest absolute Gasteiger partial charge is 0.339 e. The maximum absolute atomic E-state index is 11.6. The monoisotopic (exact) mass is 388 g/mol. The Labute approximate surface area is 160 Å². The molecule has 0 unspecified atom stereocenters. The summed E-state index contributed by atoms with van der Waals surface area (Å²) in [6.07, 6.45) is 1.57. The first kappa shape index (κ1) is 18.8. The minimum atomic E-state index is -1.12. The highest BCUT2D eigenvalue weighted by atomic mass is 35.5. The van der Waals surface area contributed by atoms with Crippen LogP contribution in [-0.4, -0.2) is 36.4 Å². The van der Waals surface area contributed by atoms with Gasteiger partial charge in [-0.3, -0.25) is 4.98 Å². The average molecular weight is 389 g/mol. The van der Waals surface area contributed by atoms with E-state index in [-0.39, 0.29) is 17.9 Å². The number of halogens is 1. The predicted octanol–water partition coefficient (Wildman–Crippen LogP) is 3.99. The number of carboxylic acids is 1. The molecule has 0 amide bonds. The third kappa shape index (κ3) is 4.21. The molecule has 1 heterocycles. The lowest BCUT2D eigenvalue weighted by atomic mass is 10.1. The van der Waals surface area contributed by atoms with Crippen molar-refractivity contribution in [3.63, 3.8) is 0 Å². The van der Waals surface area contributed by atoms with Crippen molar-refractivity contribution in [3.05, 3.63) is 53.2 Å². The highest BCUT2D eigenvalue weighted by molar-refractivity contribution is 6.33. The molecule has 27 heavy (non-hydrogen) atoms. The first-order valence-electron chi connectivity index (χ1n) is 8.00. The summed E-state index contributed by atoms with van der Waals surface area (Å²) in [5.74, 6) is 0.00709. The fourth-order valence-electron chi connectivity index (χ4n) is 2.46. The number of carbonyl (C=O) groups is 1. The topological polar surface area (TPSA) is 104 Å². The fraction of sp³-hybridized carbons (Fsp3) is 0.158. The standard InChI is InChI=1S/C19H17ClN2O5/c1-25-6-7-26-18-10-16-12(9-13(18)19(23)24)17(4-5-22-16)27-11-2-3-15(21)14(20)8-11/h2-5,8-10H,6-7,21H2,1H3,(H,23,24). The number of nitrogen functional groups attached to an aromatic ring is 1. The van der Waals surface area contributed by atoms with E-state index in [1.165, 1.54) is 13.2 Å². The second-order valence-corrected chi connectivity index (χ2v) is 6.01. The van der Waals surface area contributed by atoms with Crippen molar-refractivity contribution in [1.29, 1.82) is 0 Å². The number of pyridine rings is 1. The molecule has 0 aliphatic carbocycles. The Hall–Kier alpha value is -3.03. The number of hydrogen-bond donors (Lipinski definition) is 2. The molecule has 0 atom stereocenters. The summed E-state index contributed by atoms with van der Waals surface area (Å²) in [4.78, 5) is 15.9. The summed E-state index contributed by atoms with van der Waals surface area (Å²) in [6, 6.07) is 9.57. The predicted molar refractivity (Wildman–Crippen MR) is 102 cm³/mol. The molecule has 2 aromatic carbocycles. The van der Waals surface area contributed by atoms with E-state index in [0.717, 1.165) is 0 Å². The van der Waals surface area contributed by atoms with Crippen LogP contribution in [0.3, 0.4) is 0 Å². The Morgan fingerprint density at radius 3 is 2.70 bits per heavy atom. The van der Waals surface area contributed by atoms with Crippen LogP contribution in [0.15, 0.2) is 42.6 Å². The summed E-state index contributed by atoms with van der Waals surface area (Å²) < 4.78 is 16.3. The van der Waals surface area contributed by atoms with Gasteiger partial charge in [-0.05, 0) is 24.3 Å². The van der Waals surface area contributed by atoms with Crippen LogP contribution in [0.5, 0.6) is 17.2 Å². The van der Waals surface area contributed by atoms with Gasteiger partial charge in [0, 0.05) is 30.8 Å². The highest BCUT2D eigenvalue weighted by Crippen LogP contribution is 2.34. The Balaban J connectivity index is 2.02. The third-order valence-electron chi connectivity index (χ3n) is 3.78. The molecule has 140 valence electrons. The number of nitrogens with two attached hydrogens (primary N) is 1. The van der Waals surface area contributed by atoms with E-state index in [1.807, 2.05) is 0 Å². The summed E-state index contributed by atoms with van der Waals surface area (Å²) in [6.45, 7) is 0.563. The summed E-state index contributed by atoms with van der Waals surface area (Å²) >= 11 is 6.02. The van der Waals surface area contributed by atoms with Crippen molar-refractivity contribution in [3.8, 4) is 17.2 Å². The SMILES string of the molecule is COCCOc1cc2nccc(Oc3ccc(N)c(Cl)c3)c2cc1C(=O)O. The Kier molecular flexibility index (Phi) is 5.63. The fourth-order valence-corrected chi connectivity index (χ4v) is 2.63. The zero-order chi connectivity index (χ0) is 19.4. The zero-order valence-electron chi connectivity index (χ0n) is 14.4. The number of carboxylic acid groups (broad SMARTS) is 1. The Morgan fingerprint density at radius 2 is 2.00 bits per heavy atom. The number of rotatable bonds is 7. The number of ether oxygens (including phenoxy) is 3. The van der Waals surface area contributed by atoms with Gasteiger partial charge in [0.05, 0.1) is 22.8 Å². The van der Waals surface area contributed by atoms with Gasteiger partial charge in [-0.1, -0.05) is 11.6 Å². The molecule has 0 aliphatic rings. The number of anilines is 1. The van der Waals surface area contributed by atoms with E-state index in [2.05, 4.69) is 4.98 Å². The minimum Gasteiger partial charge on any atom is -0.490 e. The van der Waals surface area contributed by atoms with Gasteiger partial charge in [0.15, 0.2) is 0 Å². The van der Waals surface area contributed by atoms with Gasteiger partial charge >= 0.3 is 5.97 Å².